The van der Waals surface area contributed by atoms with E-state index in [1.165, 1.54) is 0 Å². The number of rotatable bonds is 4. The quantitative estimate of drug-likeness (QED) is 0.200. The number of benzene rings is 6. The maximum atomic E-state index is 12.6. The van der Waals surface area contributed by atoms with Gasteiger partial charge in [0.1, 0.15) is 11.2 Å². The van der Waals surface area contributed by atoms with Crippen molar-refractivity contribution < 1.29 is 4.42 Å². The van der Waals surface area contributed by atoms with Gasteiger partial charge in [0.05, 0.1) is 22.4 Å². The minimum Gasteiger partial charge on any atom is -0.456 e. The van der Waals surface area contributed by atoms with Crippen LogP contribution in [0.25, 0.3) is 88.8 Å². The highest BCUT2D eigenvalue weighted by Gasteiger charge is 2.14. The normalized spacial score (nSPS) is 11.7. The van der Waals surface area contributed by atoms with Crippen molar-refractivity contribution in [3.63, 3.8) is 0 Å². The third-order valence-corrected chi connectivity index (χ3v) is 9.15. The minimum atomic E-state index is -0.0379. The smallest absolute Gasteiger partial charge is 0.328 e. The second kappa shape index (κ2) is 10.4. The molecule has 0 atom stereocenters. The van der Waals surface area contributed by atoms with Crippen LogP contribution in [0.5, 0.6) is 0 Å². The first-order valence-corrected chi connectivity index (χ1v) is 15.6. The SMILES string of the molecule is Cn1c(=O)n(C)c2cc(-c3cccc(-c4cc(-c5ccc6cc7oc8ccccc8c7cc6c5)nc(-c5ccccc5)n4)c3)ccc21. The van der Waals surface area contributed by atoms with Crippen molar-refractivity contribution in [3.8, 4) is 45.0 Å². The van der Waals surface area contributed by atoms with Crippen molar-refractivity contribution >= 4 is 43.7 Å². The van der Waals surface area contributed by atoms with E-state index >= 15 is 0 Å². The van der Waals surface area contributed by atoms with Crippen LogP contribution in [0.4, 0.5) is 0 Å². The average molecular weight is 609 g/mol. The zero-order valence-corrected chi connectivity index (χ0v) is 25.8. The monoisotopic (exact) mass is 608 g/mol. The minimum absolute atomic E-state index is 0.0379. The molecular formula is C41H28N4O2. The fraction of sp³-hybridized carbons (Fsp3) is 0.0488. The molecule has 9 aromatic rings. The maximum Gasteiger partial charge on any atom is 0.328 e. The van der Waals surface area contributed by atoms with Crippen molar-refractivity contribution in [1.29, 1.82) is 0 Å². The average Bonchev–Trinajstić information content (AvgIpc) is 3.59. The van der Waals surface area contributed by atoms with Gasteiger partial charge < -0.3 is 4.42 Å². The van der Waals surface area contributed by atoms with E-state index in [1.807, 2.05) is 61.6 Å². The van der Waals surface area contributed by atoms with Crippen molar-refractivity contribution in [2.45, 2.75) is 0 Å². The van der Waals surface area contributed by atoms with Gasteiger partial charge in [-0.2, -0.15) is 0 Å². The summed E-state index contributed by atoms with van der Waals surface area (Å²) < 4.78 is 9.51. The number of aromatic nitrogens is 4. The summed E-state index contributed by atoms with van der Waals surface area (Å²) in [5.74, 6) is 0.667. The van der Waals surface area contributed by atoms with Crippen molar-refractivity contribution in [2.75, 3.05) is 0 Å². The highest BCUT2D eigenvalue weighted by Crippen LogP contribution is 2.35. The maximum absolute atomic E-state index is 12.6. The number of para-hydroxylation sites is 1. The van der Waals surface area contributed by atoms with Crippen LogP contribution in [0.3, 0.4) is 0 Å². The van der Waals surface area contributed by atoms with Crippen molar-refractivity contribution in [1.82, 2.24) is 19.1 Å². The molecule has 0 saturated carbocycles. The summed E-state index contributed by atoms with van der Waals surface area (Å²) in [6, 6.07) is 45.7. The Bertz CT molecular complexity index is 2730. The molecule has 0 aliphatic carbocycles. The Kier molecular flexibility index (Phi) is 5.99. The number of fused-ring (bicyclic) bond motifs is 5. The summed E-state index contributed by atoms with van der Waals surface area (Å²) in [6.07, 6.45) is 0. The number of nitrogens with zero attached hydrogens (tertiary/aromatic N) is 4. The first kappa shape index (κ1) is 27.1. The van der Waals surface area contributed by atoms with E-state index in [9.17, 15) is 4.79 Å². The highest BCUT2D eigenvalue weighted by atomic mass is 16.3. The summed E-state index contributed by atoms with van der Waals surface area (Å²) in [4.78, 5) is 22.7. The second-order valence-electron chi connectivity index (χ2n) is 12.0. The van der Waals surface area contributed by atoms with E-state index in [-0.39, 0.29) is 5.69 Å². The van der Waals surface area contributed by atoms with Gasteiger partial charge in [0, 0.05) is 41.6 Å². The summed E-state index contributed by atoms with van der Waals surface area (Å²) >= 11 is 0. The van der Waals surface area contributed by atoms with E-state index < -0.39 is 0 Å². The van der Waals surface area contributed by atoms with Gasteiger partial charge in [-0.3, -0.25) is 9.13 Å². The summed E-state index contributed by atoms with van der Waals surface area (Å²) in [5, 5.41) is 4.44. The molecule has 0 aliphatic heterocycles. The molecule has 0 bridgehead atoms. The van der Waals surface area contributed by atoms with Crippen LogP contribution in [0.2, 0.25) is 0 Å². The van der Waals surface area contributed by atoms with E-state index in [0.717, 1.165) is 82.9 Å². The van der Waals surface area contributed by atoms with Crippen molar-refractivity contribution in [3.05, 3.63) is 144 Å². The zero-order chi connectivity index (χ0) is 31.6. The number of hydrogen-bond acceptors (Lipinski definition) is 4. The molecule has 0 spiro atoms. The Morgan fingerprint density at radius 1 is 0.489 bits per heavy atom. The lowest BCUT2D eigenvalue weighted by atomic mass is 9.99. The molecule has 0 unspecified atom stereocenters. The number of aryl methyl sites for hydroxylation is 2. The Labute approximate surface area is 269 Å². The lowest BCUT2D eigenvalue weighted by Gasteiger charge is -2.11. The summed E-state index contributed by atoms with van der Waals surface area (Å²) in [5.41, 5.74) is 10.2. The van der Waals surface area contributed by atoms with Gasteiger partial charge in [-0.1, -0.05) is 84.9 Å². The molecule has 0 amide bonds. The lowest BCUT2D eigenvalue weighted by Crippen LogP contribution is -2.19. The van der Waals surface area contributed by atoms with Gasteiger partial charge in [0.15, 0.2) is 5.82 Å². The van der Waals surface area contributed by atoms with E-state index in [1.54, 1.807) is 16.2 Å². The van der Waals surface area contributed by atoms with Crippen molar-refractivity contribution in [2.24, 2.45) is 14.1 Å². The summed E-state index contributed by atoms with van der Waals surface area (Å²) in [7, 11) is 3.61. The Balaban J connectivity index is 1.19. The molecule has 6 aromatic carbocycles. The molecule has 0 N–H and O–H groups in total. The van der Waals surface area contributed by atoms with E-state index in [0.29, 0.717) is 5.82 Å². The molecule has 0 fully saturated rings. The van der Waals surface area contributed by atoms with Crippen LogP contribution in [-0.2, 0) is 14.1 Å². The third-order valence-electron chi connectivity index (χ3n) is 9.15. The Hall–Kier alpha value is -6.27. The molecule has 3 aromatic heterocycles. The van der Waals surface area contributed by atoms with Crippen LogP contribution in [0.15, 0.2) is 143 Å². The molecule has 9 rings (SSSR count). The molecule has 0 saturated heterocycles. The molecule has 3 heterocycles. The fourth-order valence-corrected chi connectivity index (χ4v) is 6.63. The molecule has 6 nitrogen and oxygen atoms in total. The van der Waals surface area contributed by atoms with Crippen LogP contribution >= 0.6 is 0 Å². The van der Waals surface area contributed by atoms with Crippen LogP contribution < -0.4 is 5.69 Å². The number of imidazole rings is 1. The summed E-state index contributed by atoms with van der Waals surface area (Å²) in [6.45, 7) is 0. The Morgan fingerprint density at radius 3 is 2.02 bits per heavy atom. The molecular weight excluding hydrogens is 580 g/mol. The molecule has 47 heavy (non-hydrogen) atoms. The largest absolute Gasteiger partial charge is 0.456 e. The van der Waals surface area contributed by atoms with Gasteiger partial charge in [-0.05, 0) is 70.4 Å². The van der Waals surface area contributed by atoms with E-state index in [4.69, 9.17) is 14.4 Å². The van der Waals surface area contributed by atoms with Crippen LogP contribution in [0, 0.1) is 0 Å². The van der Waals surface area contributed by atoms with Crippen LogP contribution in [0.1, 0.15) is 0 Å². The predicted molar refractivity (Wildman–Crippen MR) is 190 cm³/mol. The Morgan fingerprint density at radius 2 is 1.17 bits per heavy atom. The zero-order valence-electron chi connectivity index (χ0n) is 25.8. The van der Waals surface area contributed by atoms with E-state index in [2.05, 4.69) is 78.9 Å². The molecule has 224 valence electrons. The topological polar surface area (TPSA) is 65.8 Å². The fourth-order valence-electron chi connectivity index (χ4n) is 6.63. The highest BCUT2D eigenvalue weighted by molar-refractivity contribution is 6.10. The number of furan rings is 1. The predicted octanol–water partition coefficient (Wildman–Crippen LogP) is 9.39. The standard InChI is InChI=1S/C41H28N4O2/c1-44-36-18-17-27(22-37(36)45(2)41(44)46)26-11-8-12-29(19-26)34-24-35(43-40(42-34)25-9-4-3-5-10-25)30-16-15-28-23-39-33(21-31(28)20-30)32-13-6-7-14-38(32)47-39/h3-24H,1-2H3. The van der Waals surface area contributed by atoms with Gasteiger partial charge in [0.2, 0.25) is 0 Å². The van der Waals surface area contributed by atoms with Gasteiger partial charge in [0.25, 0.3) is 0 Å². The van der Waals surface area contributed by atoms with Gasteiger partial charge in [-0.15, -0.1) is 0 Å². The lowest BCUT2D eigenvalue weighted by molar-refractivity contribution is 0.669. The first-order chi connectivity index (χ1) is 23.0. The third kappa shape index (κ3) is 4.45. The van der Waals surface area contributed by atoms with Gasteiger partial charge in [-0.25, -0.2) is 14.8 Å². The van der Waals surface area contributed by atoms with Crippen LogP contribution in [-0.4, -0.2) is 19.1 Å². The second-order valence-corrected chi connectivity index (χ2v) is 12.0. The van der Waals surface area contributed by atoms with Gasteiger partial charge >= 0.3 is 5.69 Å². The number of hydrogen-bond donors (Lipinski definition) is 0. The molecule has 6 heteroatoms. The molecule has 0 aliphatic rings. The molecule has 0 radical (unpaired) electrons. The first-order valence-electron chi connectivity index (χ1n) is 15.6.